The lowest BCUT2D eigenvalue weighted by Crippen LogP contribution is -2.30. The number of thiophene rings is 1. The molecule has 0 bridgehead atoms. The summed E-state index contributed by atoms with van der Waals surface area (Å²) >= 11 is 4.56. The predicted octanol–water partition coefficient (Wildman–Crippen LogP) is 3.38. The Labute approximate surface area is 153 Å². The van der Waals surface area contributed by atoms with Crippen molar-refractivity contribution in [3.05, 3.63) is 45.8 Å². The Bertz CT molecular complexity index is 988. The lowest BCUT2D eigenvalue weighted by atomic mass is 10.0. The van der Waals surface area contributed by atoms with Gasteiger partial charge in [-0.3, -0.25) is 9.59 Å². The minimum Gasteiger partial charge on any atom is -0.505 e. The quantitative estimate of drug-likeness (QED) is 0.557. The van der Waals surface area contributed by atoms with Gasteiger partial charge in [0, 0.05) is 16.3 Å². The number of rotatable bonds is 4. The molecule has 2 heterocycles. The third-order valence-electron chi connectivity index (χ3n) is 3.42. The van der Waals surface area contributed by atoms with E-state index in [9.17, 15) is 19.1 Å². The summed E-state index contributed by atoms with van der Waals surface area (Å²) in [4.78, 5) is 26.7. The number of carboxylic acid groups (broad SMARTS) is 1. The van der Waals surface area contributed by atoms with Crippen LogP contribution in [0.25, 0.3) is 21.2 Å². The van der Waals surface area contributed by atoms with Gasteiger partial charge in [0.2, 0.25) is 0 Å². The van der Waals surface area contributed by atoms with Crippen LogP contribution in [0.1, 0.15) is 10.5 Å². The first-order chi connectivity index (χ1) is 11.9. The molecule has 2 aromatic heterocycles. The zero-order valence-corrected chi connectivity index (χ0v) is 14.8. The maximum absolute atomic E-state index is 13.1. The molecule has 0 atom stereocenters. The van der Waals surface area contributed by atoms with Gasteiger partial charge in [0.05, 0.1) is 4.70 Å². The van der Waals surface area contributed by atoms with Gasteiger partial charge >= 0.3 is 5.97 Å². The number of nitrogens with one attached hydrogen (secondary N) is 1. The number of pyridine rings is 1. The van der Waals surface area contributed by atoms with Gasteiger partial charge in [-0.15, -0.1) is 11.3 Å². The molecule has 1 amide bonds. The predicted molar refractivity (Wildman–Crippen MR) is 94.3 cm³/mol. The summed E-state index contributed by atoms with van der Waals surface area (Å²) in [6.45, 7) is -0.593. The molecule has 0 spiro atoms. The van der Waals surface area contributed by atoms with Gasteiger partial charge in [-0.2, -0.15) is 0 Å². The molecule has 9 heteroatoms. The van der Waals surface area contributed by atoms with E-state index >= 15 is 0 Å². The first-order valence-corrected chi connectivity index (χ1v) is 8.61. The summed E-state index contributed by atoms with van der Waals surface area (Å²) in [6.07, 6.45) is 0. The second-order valence-electron chi connectivity index (χ2n) is 5.04. The van der Waals surface area contributed by atoms with E-state index < -0.39 is 18.4 Å². The van der Waals surface area contributed by atoms with Crippen molar-refractivity contribution in [1.82, 2.24) is 10.3 Å². The molecule has 0 fully saturated rings. The van der Waals surface area contributed by atoms with Crippen molar-refractivity contribution in [2.45, 2.75) is 0 Å². The van der Waals surface area contributed by atoms with Gasteiger partial charge in [-0.1, -0.05) is 12.1 Å². The molecule has 3 aromatic rings. The van der Waals surface area contributed by atoms with Crippen LogP contribution in [-0.4, -0.2) is 33.6 Å². The molecule has 0 radical (unpaired) electrons. The number of hydrogen-bond donors (Lipinski definition) is 3. The summed E-state index contributed by atoms with van der Waals surface area (Å²) < 4.78 is 14.1. The van der Waals surface area contributed by atoms with Crippen LogP contribution < -0.4 is 5.32 Å². The smallest absolute Gasteiger partial charge is 0.322 e. The molecular weight excluding hydrogens is 415 g/mol. The molecule has 0 aliphatic heterocycles. The highest BCUT2D eigenvalue weighted by Crippen LogP contribution is 2.43. The number of aliphatic carboxylic acids is 1. The van der Waals surface area contributed by atoms with Crippen molar-refractivity contribution >= 4 is 49.2 Å². The highest BCUT2D eigenvalue weighted by Gasteiger charge is 2.22. The number of aromatic hydroxyl groups is 1. The number of nitrogens with zero attached hydrogens (tertiary/aromatic N) is 1. The summed E-state index contributed by atoms with van der Waals surface area (Å²) in [5, 5.41) is 23.5. The normalized spacial score (nSPS) is 10.8. The molecule has 0 saturated heterocycles. The maximum Gasteiger partial charge on any atom is 0.322 e. The number of carbonyl (C=O) groups is 2. The van der Waals surface area contributed by atoms with Gasteiger partial charge < -0.3 is 15.5 Å². The number of aromatic nitrogens is 1. The van der Waals surface area contributed by atoms with Gasteiger partial charge in [-0.25, -0.2) is 9.37 Å². The van der Waals surface area contributed by atoms with Gasteiger partial charge in [0.1, 0.15) is 17.0 Å². The van der Waals surface area contributed by atoms with E-state index in [0.717, 1.165) is 0 Å². The average molecular weight is 425 g/mol. The van der Waals surface area contributed by atoms with Crippen LogP contribution in [0, 0.1) is 5.82 Å². The summed E-state index contributed by atoms with van der Waals surface area (Å²) in [7, 11) is 0. The van der Waals surface area contributed by atoms with Crippen molar-refractivity contribution < 1.29 is 24.2 Å². The Balaban J connectivity index is 2.14. The highest BCUT2D eigenvalue weighted by atomic mass is 79.9. The fourth-order valence-corrected chi connectivity index (χ4v) is 3.92. The fraction of sp³-hybridized carbons (Fsp3) is 0.0625. The molecule has 6 nitrogen and oxygen atoms in total. The van der Waals surface area contributed by atoms with E-state index in [1.54, 1.807) is 17.5 Å². The zero-order valence-electron chi connectivity index (χ0n) is 12.4. The number of benzene rings is 1. The number of hydrogen-bond acceptors (Lipinski definition) is 5. The number of carboxylic acids is 1. The molecule has 0 aliphatic carbocycles. The van der Waals surface area contributed by atoms with Gasteiger partial charge in [0.25, 0.3) is 5.91 Å². The molecule has 3 rings (SSSR count). The Morgan fingerprint density at radius 1 is 1.28 bits per heavy atom. The SMILES string of the molecule is O=C(O)CNC(=O)c1nc(Br)c2scc(-c3ccc(F)cc3)c2c1O. The van der Waals surface area contributed by atoms with E-state index in [0.29, 0.717) is 25.8 Å². The highest BCUT2D eigenvalue weighted by molar-refractivity contribution is 9.10. The molecule has 128 valence electrons. The molecule has 0 unspecified atom stereocenters. The van der Waals surface area contributed by atoms with E-state index in [1.807, 2.05) is 0 Å². The van der Waals surface area contributed by atoms with Crippen LogP contribution >= 0.6 is 27.3 Å². The molecular formula is C16H10BrFN2O4S. The van der Waals surface area contributed by atoms with Crippen LogP contribution in [0.5, 0.6) is 5.75 Å². The molecule has 1 aromatic carbocycles. The van der Waals surface area contributed by atoms with E-state index in [4.69, 9.17) is 5.11 Å². The minimum absolute atomic E-state index is 0.289. The van der Waals surface area contributed by atoms with Crippen molar-refractivity contribution in [1.29, 1.82) is 0 Å². The van der Waals surface area contributed by atoms with Crippen molar-refractivity contribution in [3.63, 3.8) is 0 Å². The Morgan fingerprint density at radius 3 is 2.60 bits per heavy atom. The lowest BCUT2D eigenvalue weighted by molar-refractivity contribution is -0.135. The summed E-state index contributed by atoms with van der Waals surface area (Å²) in [5.41, 5.74) is 0.994. The number of carbonyl (C=O) groups excluding carboxylic acids is 1. The summed E-state index contributed by atoms with van der Waals surface area (Å²) in [5.74, 6) is -2.76. The third kappa shape index (κ3) is 3.33. The first kappa shape index (κ1) is 17.3. The van der Waals surface area contributed by atoms with E-state index in [2.05, 4.69) is 26.2 Å². The second-order valence-corrected chi connectivity index (χ2v) is 6.67. The number of fused-ring (bicyclic) bond motifs is 1. The Kier molecular flexibility index (Phi) is 4.69. The molecule has 0 aliphatic rings. The molecule has 0 saturated carbocycles. The van der Waals surface area contributed by atoms with Crippen LogP contribution in [0.2, 0.25) is 0 Å². The monoisotopic (exact) mass is 424 g/mol. The number of amides is 1. The van der Waals surface area contributed by atoms with Gasteiger partial charge in [0.15, 0.2) is 11.4 Å². The summed E-state index contributed by atoms with van der Waals surface area (Å²) in [6, 6.07) is 5.72. The first-order valence-electron chi connectivity index (χ1n) is 6.94. The van der Waals surface area contributed by atoms with E-state index in [-0.39, 0.29) is 17.3 Å². The standard InChI is InChI=1S/C16H10BrFN2O4S/c17-15-14-11(9(6-25-14)7-1-3-8(18)4-2-7)13(23)12(20-15)16(24)19-5-10(21)22/h1-4,6,23H,5H2,(H,19,24)(H,21,22). The van der Waals surface area contributed by atoms with Crippen LogP contribution in [0.4, 0.5) is 4.39 Å². The average Bonchev–Trinajstić information content (AvgIpc) is 3.02. The third-order valence-corrected chi connectivity index (χ3v) is 5.24. The van der Waals surface area contributed by atoms with Crippen LogP contribution in [0.15, 0.2) is 34.2 Å². The maximum atomic E-state index is 13.1. The van der Waals surface area contributed by atoms with Crippen molar-refractivity contribution in [2.75, 3.05) is 6.54 Å². The molecule has 3 N–H and O–H groups in total. The lowest BCUT2D eigenvalue weighted by Gasteiger charge is -2.08. The Hall–Kier alpha value is -2.52. The molecule has 25 heavy (non-hydrogen) atoms. The van der Waals surface area contributed by atoms with E-state index in [1.165, 1.54) is 23.5 Å². The Morgan fingerprint density at radius 2 is 1.96 bits per heavy atom. The minimum atomic E-state index is -1.21. The van der Waals surface area contributed by atoms with Crippen molar-refractivity contribution in [2.24, 2.45) is 0 Å². The van der Waals surface area contributed by atoms with Gasteiger partial charge in [-0.05, 0) is 33.6 Å². The second kappa shape index (κ2) is 6.77. The zero-order chi connectivity index (χ0) is 18.1. The topological polar surface area (TPSA) is 99.5 Å². The van der Waals surface area contributed by atoms with Crippen molar-refractivity contribution in [3.8, 4) is 16.9 Å². The number of halogens is 2. The van der Waals surface area contributed by atoms with Crippen LogP contribution in [0.3, 0.4) is 0 Å². The largest absolute Gasteiger partial charge is 0.505 e. The van der Waals surface area contributed by atoms with Crippen LogP contribution in [-0.2, 0) is 4.79 Å². The fourth-order valence-electron chi connectivity index (χ4n) is 2.30.